The summed E-state index contributed by atoms with van der Waals surface area (Å²) in [5, 5.41) is 0. The minimum Gasteiger partial charge on any atom is -0.290 e. The molecule has 1 saturated heterocycles. The van der Waals surface area contributed by atoms with Gasteiger partial charge in [0, 0.05) is 6.04 Å². The van der Waals surface area contributed by atoms with Crippen LogP contribution in [0.5, 0.6) is 0 Å². The fourth-order valence-electron chi connectivity index (χ4n) is 1.34. The van der Waals surface area contributed by atoms with Crippen molar-refractivity contribution in [2.24, 2.45) is 0 Å². The van der Waals surface area contributed by atoms with Crippen LogP contribution in [0.4, 0.5) is 0 Å². The molecular weight excluding hydrogens is 134 g/mol. The third kappa shape index (κ3) is 3.43. The summed E-state index contributed by atoms with van der Waals surface area (Å²) in [6.07, 6.45) is 7.82. The highest BCUT2D eigenvalue weighted by Gasteiger charge is 2.17. The molecule has 0 amide bonds. The average molecular weight is 153 g/mol. The highest BCUT2D eigenvalue weighted by Crippen LogP contribution is 2.14. The van der Waals surface area contributed by atoms with E-state index >= 15 is 0 Å². The number of rotatable bonds is 1. The summed E-state index contributed by atoms with van der Waals surface area (Å²) in [6, 6.07) is 0.723. The molecule has 0 radical (unpaired) electrons. The van der Waals surface area contributed by atoms with E-state index in [1.165, 1.54) is 19.4 Å². The van der Waals surface area contributed by atoms with Crippen molar-refractivity contribution < 1.29 is 0 Å². The number of nitrogens with zero attached hydrogens (tertiary/aromatic N) is 1. The van der Waals surface area contributed by atoms with Gasteiger partial charge in [0.05, 0.1) is 6.54 Å². The summed E-state index contributed by atoms with van der Waals surface area (Å²) in [5.41, 5.74) is 0. The Labute approximate surface area is 70.8 Å². The molecule has 0 aromatic carbocycles. The molecule has 0 N–H and O–H groups in total. The SMILES string of the molecule is C#CCN1CCCC1C.CC. The number of hydrogen-bond acceptors (Lipinski definition) is 1. The lowest BCUT2D eigenvalue weighted by molar-refractivity contribution is 0.303. The quantitative estimate of drug-likeness (QED) is 0.522. The largest absolute Gasteiger partial charge is 0.290 e. The van der Waals surface area contributed by atoms with Gasteiger partial charge in [-0.25, -0.2) is 0 Å². The Morgan fingerprint density at radius 1 is 1.55 bits per heavy atom. The van der Waals surface area contributed by atoms with Crippen molar-refractivity contribution in [2.45, 2.75) is 39.7 Å². The van der Waals surface area contributed by atoms with Crippen LogP contribution in [0.3, 0.4) is 0 Å². The van der Waals surface area contributed by atoms with Gasteiger partial charge >= 0.3 is 0 Å². The van der Waals surface area contributed by atoms with E-state index in [0.29, 0.717) is 0 Å². The smallest absolute Gasteiger partial charge is 0.0601 e. The molecule has 0 saturated carbocycles. The second-order valence-corrected chi connectivity index (χ2v) is 2.67. The second kappa shape index (κ2) is 6.24. The van der Waals surface area contributed by atoms with Crippen molar-refractivity contribution in [1.82, 2.24) is 4.90 Å². The van der Waals surface area contributed by atoms with E-state index in [9.17, 15) is 0 Å². The van der Waals surface area contributed by atoms with Crippen LogP contribution < -0.4 is 0 Å². The molecule has 1 unspecified atom stereocenters. The number of terminal acetylenes is 1. The molecule has 0 aliphatic carbocycles. The van der Waals surface area contributed by atoms with Crippen LogP contribution in [0.1, 0.15) is 33.6 Å². The monoisotopic (exact) mass is 153 g/mol. The maximum Gasteiger partial charge on any atom is 0.0601 e. The summed E-state index contributed by atoms with van der Waals surface area (Å²) in [5.74, 6) is 2.67. The maximum absolute atomic E-state index is 5.18. The molecule has 1 nitrogen and oxygen atoms in total. The van der Waals surface area contributed by atoms with Gasteiger partial charge in [0.1, 0.15) is 0 Å². The van der Waals surface area contributed by atoms with Crippen molar-refractivity contribution in [3.05, 3.63) is 0 Å². The third-order valence-corrected chi connectivity index (χ3v) is 1.98. The predicted octanol–water partition coefficient (Wildman–Crippen LogP) is 2.13. The van der Waals surface area contributed by atoms with Gasteiger partial charge in [-0.05, 0) is 26.3 Å². The van der Waals surface area contributed by atoms with E-state index in [2.05, 4.69) is 17.7 Å². The lowest BCUT2D eigenvalue weighted by Crippen LogP contribution is -2.26. The molecule has 1 aliphatic rings. The zero-order valence-electron chi connectivity index (χ0n) is 7.93. The molecule has 1 heteroatoms. The zero-order valence-corrected chi connectivity index (χ0v) is 7.93. The first-order chi connectivity index (χ1) is 5.34. The molecule has 11 heavy (non-hydrogen) atoms. The maximum atomic E-state index is 5.18. The second-order valence-electron chi connectivity index (χ2n) is 2.67. The molecule has 0 aromatic rings. The van der Waals surface area contributed by atoms with E-state index in [0.717, 1.165) is 12.6 Å². The van der Waals surface area contributed by atoms with E-state index in [4.69, 9.17) is 6.42 Å². The van der Waals surface area contributed by atoms with Gasteiger partial charge in [0.15, 0.2) is 0 Å². The Morgan fingerprint density at radius 3 is 2.55 bits per heavy atom. The van der Waals surface area contributed by atoms with Gasteiger partial charge in [-0.15, -0.1) is 6.42 Å². The first-order valence-corrected chi connectivity index (χ1v) is 4.52. The van der Waals surface area contributed by atoms with Gasteiger partial charge < -0.3 is 0 Å². The fourth-order valence-corrected chi connectivity index (χ4v) is 1.34. The number of likely N-dealkylation sites (tertiary alicyclic amines) is 1. The van der Waals surface area contributed by atoms with Crippen molar-refractivity contribution in [2.75, 3.05) is 13.1 Å². The fraction of sp³-hybridized carbons (Fsp3) is 0.800. The van der Waals surface area contributed by atoms with Gasteiger partial charge in [-0.2, -0.15) is 0 Å². The molecule has 1 rings (SSSR count). The van der Waals surface area contributed by atoms with Crippen molar-refractivity contribution in [3.63, 3.8) is 0 Å². The topological polar surface area (TPSA) is 3.24 Å². The van der Waals surface area contributed by atoms with E-state index in [1.54, 1.807) is 0 Å². The predicted molar refractivity (Wildman–Crippen MR) is 50.5 cm³/mol. The van der Waals surface area contributed by atoms with Crippen molar-refractivity contribution >= 4 is 0 Å². The Kier molecular flexibility index (Phi) is 5.97. The van der Waals surface area contributed by atoms with E-state index < -0.39 is 0 Å². The first kappa shape index (κ1) is 10.5. The van der Waals surface area contributed by atoms with Crippen LogP contribution in [0, 0.1) is 12.3 Å². The van der Waals surface area contributed by atoms with E-state index in [-0.39, 0.29) is 0 Å². The number of hydrogen-bond donors (Lipinski definition) is 0. The van der Waals surface area contributed by atoms with Gasteiger partial charge in [-0.3, -0.25) is 4.90 Å². The molecule has 0 spiro atoms. The molecule has 1 fully saturated rings. The van der Waals surface area contributed by atoms with Crippen LogP contribution in [-0.2, 0) is 0 Å². The summed E-state index contributed by atoms with van der Waals surface area (Å²) >= 11 is 0. The lowest BCUT2D eigenvalue weighted by Gasteiger charge is -2.16. The summed E-state index contributed by atoms with van der Waals surface area (Å²) in [6.45, 7) is 8.27. The van der Waals surface area contributed by atoms with Gasteiger partial charge in [-0.1, -0.05) is 19.8 Å². The van der Waals surface area contributed by atoms with Crippen LogP contribution in [0.25, 0.3) is 0 Å². The standard InChI is InChI=1S/C8H13N.C2H6/c1-3-6-9-7-4-5-8(9)2;1-2/h1,8H,4-7H2,2H3;1-2H3. The van der Waals surface area contributed by atoms with Crippen LogP contribution >= 0.6 is 0 Å². The average Bonchev–Trinajstić information content (AvgIpc) is 2.42. The molecule has 1 atom stereocenters. The molecule has 1 heterocycles. The third-order valence-electron chi connectivity index (χ3n) is 1.98. The van der Waals surface area contributed by atoms with Gasteiger partial charge in [0.2, 0.25) is 0 Å². The summed E-state index contributed by atoms with van der Waals surface area (Å²) < 4.78 is 0. The molecular formula is C10H19N. The van der Waals surface area contributed by atoms with Crippen molar-refractivity contribution in [1.29, 1.82) is 0 Å². The lowest BCUT2D eigenvalue weighted by atomic mass is 10.2. The summed E-state index contributed by atoms with van der Waals surface area (Å²) in [4.78, 5) is 2.35. The molecule has 1 aliphatic heterocycles. The Balaban J connectivity index is 0.000000461. The molecule has 64 valence electrons. The van der Waals surface area contributed by atoms with Crippen molar-refractivity contribution in [3.8, 4) is 12.3 Å². The molecule has 0 aromatic heterocycles. The minimum absolute atomic E-state index is 0.723. The molecule has 0 bridgehead atoms. The first-order valence-electron chi connectivity index (χ1n) is 4.52. The highest BCUT2D eigenvalue weighted by molar-refractivity contribution is 4.91. The van der Waals surface area contributed by atoms with Crippen LogP contribution in [0.2, 0.25) is 0 Å². The Hall–Kier alpha value is -0.480. The van der Waals surface area contributed by atoms with Crippen LogP contribution in [0.15, 0.2) is 0 Å². The zero-order chi connectivity index (χ0) is 8.69. The summed E-state index contributed by atoms with van der Waals surface area (Å²) in [7, 11) is 0. The van der Waals surface area contributed by atoms with Crippen LogP contribution in [-0.4, -0.2) is 24.0 Å². The Morgan fingerprint density at radius 2 is 2.18 bits per heavy atom. The highest BCUT2D eigenvalue weighted by atomic mass is 15.2. The normalized spacial score (nSPS) is 23.6. The minimum atomic E-state index is 0.723. The van der Waals surface area contributed by atoms with E-state index in [1.807, 2.05) is 13.8 Å². The Bertz CT molecular complexity index is 123. The van der Waals surface area contributed by atoms with Gasteiger partial charge in [0.25, 0.3) is 0 Å².